The molecule has 21 heavy (non-hydrogen) atoms. The van der Waals surface area contributed by atoms with Gasteiger partial charge in [0, 0.05) is 25.7 Å². The fourth-order valence-electron chi connectivity index (χ4n) is 1.95. The zero-order chi connectivity index (χ0) is 15.5. The first-order valence-corrected chi connectivity index (χ1v) is 7.92. The Balaban J connectivity index is 2.21. The molecule has 0 aliphatic carbocycles. The van der Waals surface area contributed by atoms with Gasteiger partial charge in [-0.2, -0.15) is 4.31 Å². The summed E-state index contributed by atoms with van der Waals surface area (Å²) in [5.41, 5.74) is 5.99. The zero-order valence-corrected chi connectivity index (χ0v) is 12.6. The van der Waals surface area contributed by atoms with Crippen LogP contribution in [0.2, 0.25) is 0 Å². The maximum Gasteiger partial charge on any atom is 0.243 e. The summed E-state index contributed by atoms with van der Waals surface area (Å²) < 4.78 is 26.1. The van der Waals surface area contributed by atoms with E-state index in [1.165, 1.54) is 21.3 Å². The van der Waals surface area contributed by atoms with E-state index in [4.69, 9.17) is 5.73 Å². The summed E-state index contributed by atoms with van der Waals surface area (Å²) in [6, 6.07) is 6.26. The van der Waals surface area contributed by atoms with E-state index < -0.39 is 10.0 Å². The van der Waals surface area contributed by atoms with E-state index in [0.717, 1.165) is 0 Å². The summed E-state index contributed by atoms with van der Waals surface area (Å²) in [5, 5.41) is 0. The largest absolute Gasteiger partial charge is 0.343 e. The van der Waals surface area contributed by atoms with E-state index >= 15 is 0 Å². The molecule has 1 amide bonds. The molecule has 0 bridgehead atoms. The SMILES string of the molecule is CN1CCN(S(=O)(=O)c2ccc(C#CCN)cc2)CC1=O. The lowest BCUT2D eigenvalue weighted by Gasteiger charge is -2.31. The lowest BCUT2D eigenvalue weighted by molar-refractivity contribution is -0.132. The van der Waals surface area contributed by atoms with Gasteiger partial charge in [-0.05, 0) is 24.3 Å². The number of piperazine rings is 1. The number of nitrogens with zero attached hydrogens (tertiary/aromatic N) is 2. The molecule has 0 aromatic heterocycles. The molecular weight excluding hydrogens is 290 g/mol. The molecule has 112 valence electrons. The molecular formula is C14H17N3O3S. The molecule has 0 saturated carbocycles. The van der Waals surface area contributed by atoms with Crippen molar-refractivity contribution in [3.05, 3.63) is 29.8 Å². The van der Waals surface area contributed by atoms with Gasteiger partial charge < -0.3 is 10.6 Å². The number of hydrogen-bond acceptors (Lipinski definition) is 4. The second-order valence-electron chi connectivity index (χ2n) is 4.68. The van der Waals surface area contributed by atoms with Crippen molar-refractivity contribution < 1.29 is 13.2 Å². The zero-order valence-electron chi connectivity index (χ0n) is 11.7. The molecule has 1 saturated heterocycles. The van der Waals surface area contributed by atoms with E-state index in [0.29, 0.717) is 18.7 Å². The first-order chi connectivity index (χ1) is 9.95. The molecule has 1 fully saturated rings. The van der Waals surface area contributed by atoms with Gasteiger partial charge in [-0.1, -0.05) is 11.8 Å². The normalized spacial score (nSPS) is 16.5. The Morgan fingerprint density at radius 3 is 2.48 bits per heavy atom. The fourth-order valence-corrected chi connectivity index (χ4v) is 3.33. The van der Waals surface area contributed by atoms with E-state index in [1.807, 2.05) is 0 Å². The Labute approximate surface area is 124 Å². The van der Waals surface area contributed by atoms with Crippen molar-refractivity contribution in [3.8, 4) is 11.8 Å². The number of likely N-dealkylation sites (N-methyl/N-ethyl adjacent to an activating group) is 1. The summed E-state index contributed by atoms with van der Waals surface area (Å²) >= 11 is 0. The Bertz CT molecular complexity index is 686. The van der Waals surface area contributed by atoms with Gasteiger partial charge in [-0.25, -0.2) is 8.42 Å². The van der Waals surface area contributed by atoms with Crippen LogP contribution in [0.3, 0.4) is 0 Å². The second-order valence-corrected chi connectivity index (χ2v) is 6.62. The van der Waals surface area contributed by atoms with Crippen LogP contribution in [0.5, 0.6) is 0 Å². The van der Waals surface area contributed by atoms with Crippen LogP contribution in [-0.4, -0.2) is 56.8 Å². The van der Waals surface area contributed by atoms with Crippen molar-refractivity contribution in [3.63, 3.8) is 0 Å². The molecule has 0 unspecified atom stereocenters. The summed E-state index contributed by atoms with van der Waals surface area (Å²) in [6.45, 7) is 0.842. The average molecular weight is 307 g/mol. The van der Waals surface area contributed by atoms with E-state index in [9.17, 15) is 13.2 Å². The number of carbonyl (C=O) groups excluding carboxylic acids is 1. The van der Waals surface area contributed by atoms with E-state index in [-0.39, 0.29) is 23.9 Å². The van der Waals surface area contributed by atoms with Gasteiger partial charge in [-0.15, -0.1) is 0 Å². The van der Waals surface area contributed by atoms with Crippen LogP contribution in [0.1, 0.15) is 5.56 Å². The lowest BCUT2D eigenvalue weighted by Crippen LogP contribution is -2.50. The average Bonchev–Trinajstić information content (AvgIpc) is 2.48. The Morgan fingerprint density at radius 1 is 1.24 bits per heavy atom. The van der Waals surface area contributed by atoms with E-state index in [2.05, 4.69) is 11.8 Å². The topological polar surface area (TPSA) is 83.7 Å². The predicted molar refractivity (Wildman–Crippen MR) is 78.8 cm³/mol. The molecule has 1 heterocycles. The molecule has 6 nitrogen and oxygen atoms in total. The van der Waals surface area contributed by atoms with Crippen molar-refractivity contribution in [2.45, 2.75) is 4.90 Å². The minimum Gasteiger partial charge on any atom is -0.343 e. The van der Waals surface area contributed by atoms with Crippen LogP contribution >= 0.6 is 0 Å². The van der Waals surface area contributed by atoms with Crippen molar-refractivity contribution >= 4 is 15.9 Å². The summed E-state index contributed by atoms with van der Waals surface area (Å²) in [7, 11) is -1.98. The number of carbonyl (C=O) groups is 1. The molecule has 0 spiro atoms. The standard InChI is InChI=1S/C14H17N3O3S/c1-16-9-10-17(11-14(16)18)21(19,20)13-6-4-12(5-7-13)3-2-8-15/h4-7H,8-11,15H2,1H3. The van der Waals surface area contributed by atoms with Gasteiger partial charge in [0.25, 0.3) is 0 Å². The van der Waals surface area contributed by atoms with Crippen LogP contribution in [0, 0.1) is 11.8 Å². The van der Waals surface area contributed by atoms with Gasteiger partial charge in [0.15, 0.2) is 0 Å². The molecule has 2 rings (SSSR count). The van der Waals surface area contributed by atoms with Crippen molar-refractivity contribution in [1.29, 1.82) is 0 Å². The number of hydrogen-bond donors (Lipinski definition) is 1. The molecule has 1 aromatic rings. The Hall–Kier alpha value is -1.88. The summed E-state index contributed by atoms with van der Waals surface area (Å²) in [5.74, 6) is 5.34. The molecule has 0 radical (unpaired) electrons. The minimum atomic E-state index is -3.64. The maximum atomic E-state index is 12.5. The van der Waals surface area contributed by atoms with E-state index in [1.54, 1.807) is 19.2 Å². The second kappa shape index (κ2) is 6.26. The van der Waals surface area contributed by atoms with Gasteiger partial charge in [0.2, 0.25) is 15.9 Å². The van der Waals surface area contributed by atoms with Crippen LogP contribution in [0.4, 0.5) is 0 Å². The number of sulfonamides is 1. The Morgan fingerprint density at radius 2 is 1.90 bits per heavy atom. The molecule has 1 aromatic carbocycles. The Kier molecular flexibility index (Phi) is 4.63. The quantitative estimate of drug-likeness (QED) is 0.744. The third-order valence-electron chi connectivity index (χ3n) is 3.25. The monoisotopic (exact) mass is 307 g/mol. The number of benzene rings is 1. The first-order valence-electron chi connectivity index (χ1n) is 6.48. The maximum absolute atomic E-state index is 12.5. The fraction of sp³-hybridized carbons (Fsp3) is 0.357. The highest BCUT2D eigenvalue weighted by Crippen LogP contribution is 2.18. The molecule has 1 aliphatic heterocycles. The van der Waals surface area contributed by atoms with Crippen LogP contribution in [0.25, 0.3) is 0 Å². The number of amides is 1. The van der Waals surface area contributed by atoms with Crippen molar-refractivity contribution in [1.82, 2.24) is 9.21 Å². The molecule has 1 aliphatic rings. The lowest BCUT2D eigenvalue weighted by atomic mass is 10.2. The van der Waals surface area contributed by atoms with Gasteiger partial charge >= 0.3 is 0 Å². The van der Waals surface area contributed by atoms with Crippen molar-refractivity contribution in [2.24, 2.45) is 5.73 Å². The molecule has 7 heteroatoms. The van der Waals surface area contributed by atoms with Gasteiger partial charge in [0.1, 0.15) is 0 Å². The number of rotatable bonds is 2. The summed E-state index contributed by atoms with van der Waals surface area (Å²) in [6.07, 6.45) is 0. The smallest absolute Gasteiger partial charge is 0.243 e. The third-order valence-corrected chi connectivity index (χ3v) is 5.11. The molecule has 2 N–H and O–H groups in total. The summed E-state index contributed by atoms with van der Waals surface area (Å²) in [4.78, 5) is 13.3. The minimum absolute atomic E-state index is 0.117. The van der Waals surface area contributed by atoms with Crippen molar-refractivity contribution in [2.75, 3.05) is 33.2 Å². The highest BCUT2D eigenvalue weighted by molar-refractivity contribution is 7.89. The molecule has 0 atom stereocenters. The van der Waals surface area contributed by atoms with Crippen LogP contribution in [-0.2, 0) is 14.8 Å². The number of nitrogens with two attached hydrogens (primary N) is 1. The van der Waals surface area contributed by atoms with Gasteiger partial charge in [-0.3, -0.25) is 4.79 Å². The highest BCUT2D eigenvalue weighted by Gasteiger charge is 2.31. The third kappa shape index (κ3) is 3.42. The van der Waals surface area contributed by atoms with Gasteiger partial charge in [0.05, 0.1) is 18.0 Å². The first kappa shape index (κ1) is 15.5. The van der Waals surface area contributed by atoms with Crippen LogP contribution < -0.4 is 5.73 Å². The predicted octanol–water partition coefficient (Wildman–Crippen LogP) is -0.540. The highest BCUT2D eigenvalue weighted by atomic mass is 32.2. The van der Waals surface area contributed by atoms with Crippen LogP contribution in [0.15, 0.2) is 29.2 Å².